The van der Waals surface area contributed by atoms with Gasteiger partial charge < -0.3 is 5.73 Å². The Labute approximate surface area is 144 Å². The lowest BCUT2D eigenvalue weighted by Crippen LogP contribution is -2.56. The van der Waals surface area contributed by atoms with Crippen molar-refractivity contribution in [3.8, 4) is 0 Å². The van der Waals surface area contributed by atoms with Crippen LogP contribution in [0.4, 0.5) is 19.0 Å². The summed E-state index contributed by atoms with van der Waals surface area (Å²) < 4.78 is 40.1. The number of fused-ring (bicyclic) bond motifs is 1. The molecule has 0 bridgehead atoms. The first-order chi connectivity index (χ1) is 11.9. The van der Waals surface area contributed by atoms with Gasteiger partial charge in [0.1, 0.15) is 11.6 Å². The molecule has 1 aromatic heterocycles. The van der Waals surface area contributed by atoms with E-state index in [0.717, 1.165) is 17.3 Å². The highest BCUT2D eigenvalue weighted by atomic mass is 19.4. The van der Waals surface area contributed by atoms with Gasteiger partial charge in [0.25, 0.3) is 0 Å². The largest absolute Gasteiger partial charge is 0.392 e. The molecular formula is C18H21F3N4. The average Bonchev–Trinajstić information content (AvgIpc) is 2.52. The van der Waals surface area contributed by atoms with Gasteiger partial charge in [-0.2, -0.15) is 13.2 Å². The number of benzene rings is 1. The summed E-state index contributed by atoms with van der Waals surface area (Å²) >= 11 is 0. The van der Waals surface area contributed by atoms with Crippen molar-refractivity contribution in [2.24, 2.45) is 11.3 Å². The Bertz CT molecular complexity index is 785. The van der Waals surface area contributed by atoms with Crippen molar-refractivity contribution in [2.75, 3.05) is 18.8 Å². The second-order valence-electron chi connectivity index (χ2n) is 7.35. The fourth-order valence-corrected chi connectivity index (χ4v) is 4.46. The van der Waals surface area contributed by atoms with Crippen molar-refractivity contribution in [2.45, 2.75) is 38.4 Å². The Hall–Kier alpha value is -1.89. The summed E-state index contributed by atoms with van der Waals surface area (Å²) in [5, 5.41) is 0.803. The lowest BCUT2D eigenvalue weighted by atomic mass is 9.58. The molecule has 4 rings (SSSR count). The lowest BCUT2D eigenvalue weighted by Gasteiger charge is -2.54. The minimum Gasteiger partial charge on any atom is -0.383 e. The van der Waals surface area contributed by atoms with E-state index in [0.29, 0.717) is 44.1 Å². The van der Waals surface area contributed by atoms with Crippen LogP contribution in [0.25, 0.3) is 10.9 Å². The molecule has 2 aromatic rings. The van der Waals surface area contributed by atoms with Crippen molar-refractivity contribution in [1.82, 2.24) is 14.9 Å². The van der Waals surface area contributed by atoms with E-state index in [9.17, 15) is 13.2 Å². The van der Waals surface area contributed by atoms with Gasteiger partial charge in [-0.1, -0.05) is 18.6 Å². The molecular weight excluding hydrogens is 329 g/mol. The van der Waals surface area contributed by atoms with Crippen LogP contribution in [0.5, 0.6) is 0 Å². The maximum Gasteiger partial charge on any atom is 0.392 e. The van der Waals surface area contributed by atoms with E-state index in [1.165, 1.54) is 0 Å². The van der Waals surface area contributed by atoms with Crippen LogP contribution < -0.4 is 5.73 Å². The third-order valence-corrected chi connectivity index (χ3v) is 5.80. The van der Waals surface area contributed by atoms with Crippen molar-refractivity contribution >= 4 is 16.7 Å². The van der Waals surface area contributed by atoms with E-state index < -0.39 is 17.5 Å². The highest BCUT2D eigenvalue weighted by Crippen LogP contribution is 2.56. The Morgan fingerprint density at radius 1 is 1.20 bits per heavy atom. The zero-order valence-electron chi connectivity index (χ0n) is 13.9. The molecule has 1 spiro atoms. The van der Waals surface area contributed by atoms with Gasteiger partial charge >= 0.3 is 6.18 Å². The number of likely N-dealkylation sites (tertiary alicyclic amines) is 1. The van der Waals surface area contributed by atoms with Crippen LogP contribution >= 0.6 is 0 Å². The van der Waals surface area contributed by atoms with Gasteiger partial charge in [-0.25, -0.2) is 9.97 Å². The standard InChI is InChI=1S/C18H21F3N4/c19-18(20,21)14-6-9-25(11-17(14)7-3-8-17)10-15-23-13-5-2-1-4-12(13)16(22)24-15/h1-2,4-5,14H,3,6-11H2,(H2,22,23,24)/t14-/m0/s1. The number of nitrogens with zero attached hydrogens (tertiary/aromatic N) is 3. The van der Waals surface area contributed by atoms with Crippen LogP contribution in [0.15, 0.2) is 24.3 Å². The predicted molar refractivity (Wildman–Crippen MR) is 89.7 cm³/mol. The summed E-state index contributed by atoms with van der Waals surface area (Å²) in [6.45, 7) is 1.33. The van der Waals surface area contributed by atoms with Gasteiger partial charge in [0.05, 0.1) is 18.0 Å². The van der Waals surface area contributed by atoms with Crippen molar-refractivity contribution in [3.63, 3.8) is 0 Å². The van der Waals surface area contributed by atoms with Gasteiger partial charge in [0, 0.05) is 11.9 Å². The summed E-state index contributed by atoms with van der Waals surface area (Å²) in [4.78, 5) is 11.0. The lowest BCUT2D eigenvalue weighted by molar-refractivity contribution is -0.238. The maximum atomic E-state index is 13.4. The quantitative estimate of drug-likeness (QED) is 0.896. The van der Waals surface area contributed by atoms with Crippen LogP contribution in [0.2, 0.25) is 0 Å². The van der Waals surface area contributed by atoms with Crippen LogP contribution in [0.3, 0.4) is 0 Å². The van der Waals surface area contributed by atoms with E-state index in [1.54, 1.807) is 0 Å². The number of piperidine rings is 1. The number of rotatable bonds is 2. The Morgan fingerprint density at radius 3 is 2.64 bits per heavy atom. The third-order valence-electron chi connectivity index (χ3n) is 5.80. The molecule has 2 heterocycles. The maximum absolute atomic E-state index is 13.4. The average molecular weight is 350 g/mol. The molecule has 2 fully saturated rings. The number of hydrogen-bond acceptors (Lipinski definition) is 4. The minimum atomic E-state index is -4.10. The van der Waals surface area contributed by atoms with Gasteiger partial charge in [-0.15, -0.1) is 0 Å². The second kappa shape index (κ2) is 5.83. The highest BCUT2D eigenvalue weighted by Gasteiger charge is 2.57. The van der Waals surface area contributed by atoms with Crippen LogP contribution in [0, 0.1) is 11.3 Å². The summed E-state index contributed by atoms with van der Waals surface area (Å²) in [6.07, 6.45) is -1.73. The fraction of sp³-hybridized carbons (Fsp3) is 0.556. The van der Waals surface area contributed by atoms with Crippen LogP contribution in [-0.2, 0) is 6.54 Å². The zero-order valence-corrected chi connectivity index (χ0v) is 13.9. The van der Waals surface area contributed by atoms with Gasteiger partial charge in [-0.3, -0.25) is 4.90 Å². The zero-order chi connectivity index (χ0) is 17.7. The molecule has 1 aliphatic heterocycles. The molecule has 1 saturated carbocycles. The van der Waals surface area contributed by atoms with Crippen molar-refractivity contribution < 1.29 is 13.2 Å². The number of halogens is 3. The molecule has 2 N–H and O–H groups in total. The molecule has 4 nitrogen and oxygen atoms in total. The molecule has 0 unspecified atom stereocenters. The minimum absolute atomic E-state index is 0.159. The van der Waals surface area contributed by atoms with Gasteiger partial charge in [0.15, 0.2) is 0 Å². The summed E-state index contributed by atoms with van der Waals surface area (Å²) in [5.41, 5.74) is 6.17. The third kappa shape index (κ3) is 2.94. The first-order valence-corrected chi connectivity index (χ1v) is 8.68. The van der Waals surface area contributed by atoms with Crippen molar-refractivity contribution in [1.29, 1.82) is 0 Å². The molecule has 1 aromatic carbocycles. The molecule has 25 heavy (non-hydrogen) atoms. The molecule has 0 radical (unpaired) electrons. The molecule has 1 aliphatic carbocycles. The number of nitrogens with two attached hydrogens (primary N) is 1. The molecule has 1 saturated heterocycles. The van der Waals surface area contributed by atoms with Crippen LogP contribution in [0.1, 0.15) is 31.5 Å². The summed E-state index contributed by atoms with van der Waals surface area (Å²) in [7, 11) is 0. The summed E-state index contributed by atoms with van der Waals surface area (Å²) in [5.74, 6) is -0.173. The van der Waals surface area contributed by atoms with Gasteiger partial charge in [-0.05, 0) is 43.4 Å². The highest BCUT2D eigenvalue weighted by molar-refractivity contribution is 5.87. The van der Waals surface area contributed by atoms with E-state index in [4.69, 9.17) is 5.73 Å². The monoisotopic (exact) mass is 350 g/mol. The number of alkyl halides is 3. The second-order valence-corrected chi connectivity index (χ2v) is 7.35. The van der Waals surface area contributed by atoms with E-state index >= 15 is 0 Å². The SMILES string of the molecule is Nc1nc(CN2CC[C@H](C(F)(F)F)C3(CCC3)C2)nc2ccccc12. The molecule has 1 atom stereocenters. The van der Waals surface area contributed by atoms with Crippen LogP contribution in [-0.4, -0.2) is 34.1 Å². The first kappa shape index (κ1) is 16.6. The molecule has 0 amide bonds. The molecule has 7 heteroatoms. The number of anilines is 1. The van der Waals surface area contributed by atoms with Gasteiger partial charge in [0.2, 0.25) is 0 Å². The van der Waals surface area contributed by atoms with E-state index in [2.05, 4.69) is 14.9 Å². The Morgan fingerprint density at radius 2 is 1.96 bits per heavy atom. The van der Waals surface area contributed by atoms with Crippen molar-refractivity contribution in [3.05, 3.63) is 30.1 Å². The van der Waals surface area contributed by atoms with E-state index in [-0.39, 0.29) is 6.42 Å². The Kier molecular flexibility index (Phi) is 3.86. The normalized spacial score (nSPS) is 23.7. The smallest absolute Gasteiger partial charge is 0.383 e. The molecule has 134 valence electrons. The van der Waals surface area contributed by atoms with E-state index in [1.807, 2.05) is 24.3 Å². The topological polar surface area (TPSA) is 55.0 Å². The summed E-state index contributed by atoms with van der Waals surface area (Å²) in [6, 6.07) is 7.51. The first-order valence-electron chi connectivity index (χ1n) is 8.68. The number of para-hydroxylation sites is 1. The Balaban J connectivity index is 1.54. The molecule has 2 aliphatic rings. The predicted octanol–water partition coefficient (Wildman–Crippen LogP) is 3.77. The number of hydrogen-bond donors (Lipinski definition) is 1. The fourth-order valence-electron chi connectivity index (χ4n) is 4.46. The number of nitrogen functional groups attached to an aromatic ring is 1. The number of aromatic nitrogens is 2.